The fourth-order valence-corrected chi connectivity index (χ4v) is 1.56. The van der Waals surface area contributed by atoms with Crippen molar-refractivity contribution in [1.29, 1.82) is 0 Å². The molecule has 0 aromatic carbocycles. The maximum absolute atomic E-state index is 11.8. The SMILES string of the molecule is COc1cnc(/C=C/C(=O)N2CCC=CC2=O)nc1. The quantitative estimate of drug-likeness (QED) is 0.751. The van der Waals surface area contributed by atoms with Crippen LogP contribution < -0.4 is 4.74 Å². The molecule has 0 spiro atoms. The van der Waals surface area contributed by atoms with Gasteiger partial charge in [0.25, 0.3) is 11.8 Å². The van der Waals surface area contributed by atoms with Crippen LogP contribution in [0.4, 0.5) is 0 Å². The van der Waals surface area contributed by atoms with Crippen molar-refractivity contribution in [3.63, 3.8) is 0 Å². The maximum Gasteiger partial charge on any atom is 0.253 e. The number of nitrogens with zero attached hydrogens (tertiary/aromatic N) is 3. The molecule has 19 heavy (non-hydrogen) atoms. The molecule has 0 unspecified atom stereocenters. The van der Waals surface area contributed by atoms with Gasteiger partial charge >= 0.3 is 0 Å². The molecule has 0 aliphatic carbocycles. The third-order valence-electron chi connectivity index (χ3n) is 2.57. The van der Waals surface area contributed by atoms with E-state index < -0.39 is 0 Å². The van der Waals surface area contributed by atoms with Gasteiger partial charge in [-0.2, -0.15) is 0 Å². The number of methoxy groups -OCH3 is 1. The van der Waals surface area contributed by atoms with Crippen molar-refractivity contribution in [3.8, 4) is 5.75 Å². The molecule has 2 heterocycles. The summed E-state index contributed by atoms with van der Waals surface area (Å²) in [6.07, 6.45) is 9.61. The van der Waals surface area contributed by atoms with Crippen LogP contribution in [-0.4, -0.2) is 40.3 Å². The molecule has 6 heteroatoms. The first-order chi connectivity index (χ1) is 9.20. The summed E-state index contributed by atoms with van der Waals surface area (Å²) >= 11 is 0. The molecule has 98 valence electrons. The fourth-order valence-electron chi connectivity index (χ4n) is 1.56. The summed E-state index contributed by atoms with van der Waals surface area (Å²) in [5.74, 6) is 0.263. The number of imide groups is 1. The zero-order chi connectivity index (χ0) is 13.7. The van der Waals surface area contributed by atoms with Crippen LogP contribution in [0.1, 0.15) is 12.2 Å². The van der Waals surface area contributed by atoms with Crippen molar-refractivity contribution in [2.45, 2.75) is 6.42 Å². The van der Waals surface area contributed by atoms with Crippen LogP contribution in [0.5, 0.6) is 5.75 Å². The number of carbonyl (C=O) groups excluding carboxylic acids is 2. The number of carbonyl (C=O) groups is 2. The zero-order valence-electron chi connectivity index (χ0n) is 10.4. The molecular formula is C13H13N3O3. The third-order valence-corrected chi connectivity index (χ3v) is 2.57. The largest absolute Gasteiger partial charge is 0.494 e. The van der Waals surface area contributed by atoms with Gasteiger partial charge in [0.05, 0.1) is 19.5 Å². The summed E-state index contributed by atoms with van der Waals surface area (Å²) in [4.78, 5) is 32.4. The Balaban J connectivity index is 2.03. The van der Waals surface area contributed by atoms with Crippen molar-refractivity contribution < 1.29 is 14.3 Å². The third kappa shape index (κ3) is 3.25. The van der Waals surface area contributed by atoms with Crippen LogP contribution in [0.25, 0.3) is 6.08 Å². The molecule has 1 aromatic heterocycles. The second-order valence-corrected chi connectivity index (χ2v) is 3.83. The van der Waals surface area contributed by atoms with Gasteiger partial charge in [0.1, 0.15) is 0 Å². The summed E-state index contributed by atoms with van der Waals surface area (Å²) in [6.45, 7) is 0.405. The van der Waals surface area contributed by atoms with Gasteiger partial charge in [0.15, 0.2) is 11.6 Å². The number of aromatic nitrogens is 2. The van der Waals surface area contributed by atoms with E-state index in [1.54, 1.807) is 6.08 Å². The lowest BCUT2D eigenvalue weighted by Crippen LogP contribution is -2.37. The molecule has 1 aromatic rings. The Hall–Kier alpha value is -2.50. The zero-order valence-corrected chi connectivity index (χ0v) is 10.4. The highest BCUT2D eigenvalue weighted by Gasteiger charge is 2.18. The van der Waals surface area contributed by atoms with Gasteiger partial charge in [-0.05, 0) is 18.6 Å². The second-order valence-electron chi connectivity index (χ2n) is 3.83. The first-order valence-corrected chi connectivity index (χ1v) is 5.77. The van der Waals surface area contributed by atoms with Crippen LogP contribution in [0.2, 0.25) is 0 Å². The van der Waals surface area contributed by atoms with Crippen LogP contribution >= 0.6 is 0 Å². The monoisotopic (exact) mass is 259 g/mol. The van der Waals surface area contributed by atoms with E-state index in [4.69, 9.17) is 4.74 Å². The molecule has 1 aliphatic rings. The fraction of sp³-hybridized carbons (Fsp3) is 0.231. The average Bonchev–Trinajstić information content (AvgIpc) is 2.46. The Morgan fingerprint density at radius 2 is 2.16 bits per heavy atom. The molecule has 0 radical (unpaired) electrons. The van der Waals surface area contributed by atoms with Crippen molar-refractivity contribution >= 4 is 17.9 Å². The number of hydrogen-bond donors (Lipinski definition) is 0. The van der Waals surface area contributed by atoms with E-state index in [9.17, 15) is 9.59 Å². The molecule has 0 saturated carbocycles. The Morgan fingerprint density at radius 1 is 1.42 bits per heavy atom. The topological polar surface area (TPSA) is 72.4 Å². The van der Waals surface area contributed by atoms with E-state index >= 15 is 0 Å². The van der Waals surface area contributed by atoms with Crippen LogP contribution in [0.15, 0.2) is 30.6 Å². The van der Waals surface area contributed by atoms with Crippen molar-refractivity contribution in [2.75, 3.05) is 13.7 Å². The molecule has 2 amide bonds. The molecule has 0 fully saturated rings. The minimum Gasteiger partial charge on any atom is -0.494 e. The van der Waals surface area contributed by atoms with Gasteiger partial charge < -0.3 is 4.74 Å². The molecule has 2 rings (SSSR count). The lowest BCUT2D eigenvalue weighted by molar-refractivity contribution is -0.139. The highest BCUT2D eigenvalue weighted by Crippen LogP contribution is 2.07. The molecule has 0 atom stereocenters. The Kier molecular flexibility index (Phi) is 4.02. The van der Waals surface area contributed by atoms with Gasteiger partial charge in [-0.25, -0.2) is 9.97 Å². The highest BCUT2D eigenvalue weighted by molar-refractivity contribution is 6.06. The number of hydrogen-bond acceptors (Lipinski definition) is 5. The summed E-state index contributed by atoms with van der Waals surface area (Å²) < 4.78 is 4.93. The minimum atomic E-state index is -0.367. The number of ether oxygens (including phenoxy) is 1. The molecule has 1 aliphatic heterocycles. The predicted molar refractivity (Wildman–Crippen MR) is 68.1 cm³/mol. The van der Waals surface area contributed by atoms with E-state index in [1.807, 2.05) is 0 Å². The first-order valence-electron chi connectivity index (χ1n) is 5.77. The summed E-state index contributed by atoms with van der Waals surface area (Å²) in [6, 6.07) is 0. The van der Waals surface area contributed by atoms with Crippen LogP contribution in [0.3, 0.4) is 0 Å². The maximum atomic E-state index is 11.8. The van der Waals surface area contributed by atoms with Gasteiger partial charge in [-0.1, -0.05) is 6.08 Å². The predicted octanol–water partition coefficient (Wildman–Crippen LogP) is 0.814. The molecule has 0 N–H and O–H groups in total. The van der Waals surface area contributed by atoms with Crippen molar-refractivity contribution in [1.82, 2.24) is 14.9 Å². The second kappa shape index (κ2) is 5.90. The lowest BCUT2D eigenvalue weighted by atomic mass is 10.2. The standard InChI is InChI=1S/C13H13N3O3/c1-19-10-8-14-11(15-9-10)5-6-13(18)16-7-3-2-4-12(16)17/h2,4-6,8-9H,3,7H2,1H3/b6-5+. The molecule has 6 nitrogen and oxygen atoms in total. The van der Waals surface area contributed by atoms with Gasteiger partial charge in [0.2, 0.25) is 0 Å². The van der Waals surface area contributed by atoms with E-state index in [0.717, 1.165) is 0 Å². The van der Waals surface area contributed by atoms with E-state index in [0.29, 0.717) is 24.5 Å². The minimum absolute atomic E-state index is 0.295. The normalized spacial score (nSPS) is 15.0. The first kappa shape index (κ1) is 12.9. The van der Waals surface area contributed by atoms with Crippen molar-refractivity contribution in [3.05, 3.63) is 36.4 Å². The summed E-state index contributed by atoms with van der Waals surface area (Å²) in [7, 11) is 1.52. The molecule has 0 saturated heterocycles. The smallest absolute Gasteiger partial charge is 0.253 e. The van der Waals surface area contributed by atoms with E-state index in [-0.39, 0.29) is 11.8 Å². The van der Waals surface area contributed by atoms with Crippen LogP contribution in [-0.2, 0) is 9.59 Å². The van der Waals surface area contributed by atoms with Crippen molar-refractivity contribution in [2.24, 2.45) is 0 Å². The lowest BCUT2D eigenvalue weighted by Gasteiger charge is -2.19. The number of amides is 2. The Bertz CT molecular complexity index is 535. The van der Waals surface area contributed by atoms with Crippen LogP contribution in [0, 0.1) is 0 Å². The van der Waals surface area contributed by atoms with E-state index in [2.05, 4.69) is 9.97 Å². The highest BCUT2D eigenvalue weighted by atomic mass is 16.5. The summed E-state index contributed by atoms with van der Waals surface area (Å²) in [5, 5.41) is 0. The average molecular weight is 259 g/mol. The van der Waals surface area contributed by atoms with E-state index in [1.165, 1.54) is 42.6 Å². The Morgan fingerprint density at radius 3 is 2.79 bits per heavy atom. The number of rotatable bonds is 3. The van der Waals surface area contributed by atoms with Gasteiger partial charge in [-0.15, -0.1) is 0 Å². The molecular weight excluding hydrogens is 246 g/mol. The van der Waals surface area contributed by atoms with Gasteiger partial charge in [-0.3, -0.25) is 14.5 Å². The van der Waals surface area contributed by atoms with Gasteiger partial charge in [0, 0.05) is 12.6 Å². The summed E-state index contributed by atoms with van der Waals surface area (Å²) in [5.41, 5.74) is 0. The Labute approximate surface area is 110 Å². The molecule has 0 bridgehead atoms.